The number of likely N-dealkylation sites (tertiary alicyclic amines) is 1. The number of pyridine rings is 2. The number of sulfone groups is 1. The fourth-order valence-corrected chi connectivity index (χ4v) is 7.58. The van der Waals surface area contributed by atoms with Gasteiger partial charge in [0.15, 0.2) is 0 Å². The first-order chi connectivity index (χ1) is 19.9. The van der Waals surface area contributed by atoms with Gasteiger partial charge < -0.3 is 20.1 Å². The van der Waals surface area contributed by atoms with Crippen molar-refractivity contribution in [3.05, 3.63) is 54.5 Å². The number of fused-ring (bicyclic) bond motifs is 2. The summed E-state index contributed by atoms with van der Waals surface area (Å²) in [6.07, 6.45) is 9.60. The minimum Gasteiger partial charge on any atom is -0.384 e. The van der Waals surface area contributed by atoms with Crippen molar-refractivity contribution in [3.8, 4) is 11.3 Å². The Kier molecular flexibility index (Phi) is 7.94. The lowest BCUT2D eigenvalue weighted by molar-refractivity contribution is 0.0926. The number of piperidine rings is 1. The molecule has 0 radical (unpaired) electrons. The molecule has 1 aromatic carbocycles. The van der Waals surface area contributed by atoms with Crippen molar-refractivity contribution >= 4 is 43.2 Å². The molecule has 2 fully saturated rings. The number of hydrogen-bond donors (Lipinski definition) is 2. The minimum absolute atomic E-state index is 0.123. The number of aromatic nitrogens is 3. The van der Waals surface area contributed by atoms with Gasteiger partial charge in [-0.25, -0.2) is 13.4 Å². The predicted molar refractivity (Wildman–Crippen MR) is 164 cm³/mol. The van der Waals surface area contributed by atoms with E-state index in [0.717, 1.165) is 58.3 Å². The first-order valence-corrected chi connectivity index (χ1v) is 16.5. The fourth-order valence-electron chi connectivity index (χ4n) is 6.09. The fraction of sp³-hybridized carbons (Fsp3) is 0.452. The van der Waals surface area contributed by atoms with Gasteiger partial charge in [0.1, 0.15) is 15.5 Å². The van der Waals surface area contributed by atoms with Crippen molar-refractivity contribution in [1.29, 1.82) is 0 Å². The second kappa shape index (κ2) is 11.8. The molecule has 0 saturated carbocycles. The van der Waals surface area contributed by atoms with Crippen LogP contribution in [0.5, 0.6) is 0 Å². The van der Waals surface area contributed by atoms with Gasteiger partial charge in [-0.1, -0.05) is 12.5 Å². The van der Waals surface area contributed by atoms with Gasteiger partial charge in [0.05, 0.1) is 22.7 Å². The summed E-state index contributed by atoms with van der Waals surface area (Å²) >= 11 is 0. The second-order valence-electron chi connectivity index (χ2n) is 11.4. The van der Waals surface area contributed by atoms with Gasteiger partial charge in [0, 0.05) is 59.6 Å². The lowest BCUT2D eigenvalue weighted by Gasteiger charge is -2.26. The number of anilines is 1. The maximum absolute atomic E-state index is 13.1. The number of nitrogens with one attached hydrogen (secondary N) is 2. The highest BCUT2D eigenvalue weighted by Crippen LogP contribution is 2.31. The molecule has 0 atom stereocenters. The van der Waals surface area contributed by atoms with E-state index in [0.29, 0.717) is 18.5 Å². The first kappa shape index (κ1) is 27.7. The van der Waals surface area contributed by atoms with Crippen molar-refractivity contribution < 1.29 is 13.2 Å². The molecular formula is C31H38N6O3S. The second-order valence-corrected chi connectivity index (χ2v) is 13.7. The van der Waals surface area contributed by atoms with E-state index in [2.05, 4.69) is 32.7 Å². The predicted octanol–water partition coefficient (Wildman–Crippen LogP) is 4.38. The van der Waals surface area contributed by atoms with Crippen LogP contribution in [0.4, 0.5) is 5.69 Å². The van der Waals surface area contributed by atoms with Gasteiger partial charge in [-0.15, -0.1) is 0 Å². The van der Waals surface area contributed by atoms with Crippen LogP contribution in [-0.4, -0.2) is 77.5 Å². The number of aryl methyl sites for hydroxylation is 1. The molecule has 2 saturated heterocycles. The van der Waals surface area contributed by atoms with E-state index in [-0.39, 0.29) is 23.5 Å². The topological polar surface area (TPSA) is 109 Å². The highest BCUT2D eigenvalue weighted by molar-refractivity contribution is 7.91. The van der Waals surface area contributed by atoms with Crippen molar-refractivity contribution in [2.75, 3.05) is 43.0 Å². The third-order valence-electron chi connectivity index (χ3n) is 8.49. The number of carbonyl (C=O) groups excluding carboxylic acids is 1. The smallest absolute Gasteiger partial charge is 0.268 e. The summed E-state index contributed by atoms with van der Waals surface area (Å²) in [5.74, 6) is 0.0723. The van der Waals surface area contributed by atoms with Gasteiger partial charge in [0.2, 0.25) is 0 Å². The largest absolute Gasteiger partial charge is 0.384 e. The molecule has 0 aliphatic carbocycles. The zero-order valence-electron chi connectivity index (χ0n) is 23.6. The third kappa shape index (κ3) is 6.23. The van der Waals surface area contributed by atoms with Gasteiger partial charge in [0.25, 0.3) is 5.91 Å². The Labute approximate surface area is 241 Å². The zero-order chi connectivity index (χ0) is 28.4. The summed E-state index contributed by atoms with van der Waals surface area (Å²) in [6, 6.07) is 12.0. The maximum Gasteiger partial charge on any atom is 0.268 e. The number of benzene rings is 1. The van der Waals surface area contributed by atoms with Crippen LogP contribution in [0.3, 0.4) is 0 Å². The number of amides is 1. The van der Waals surface area contributed by atoms with Crippen LogP contribution < -0.4 is 10.6 Å². The highest BCUT2D eigenvalue weighted by Gasteiger charge is 2.26. The molecule has 216 valence electrons. The molecule has 0 spiro atoms. The average molecular weight is 575 g/mol. The standard InChI is InChI=1S/C31H38N6O3S/c1-36-29-7-6-22(18-23(29)19-30(36)31(38)34-24-9-16-41(39,40)17-10-24)27-20-28(25-21-32-12-8-26(25)35-27)33-11-5-15-37-13-3-2-4-14-37/h6-8,12,18-21,24H,2-5,9-11,13-17H2,1H3,(H,33,35)(H,34,38). The summed E-state index contributed by atoms with van der Waals surface area (Å²) in [5, 5.41) is 8.64. The number of rotatable bonds is 8. The normalized spacial score (nSPS) is 18.1. The highest BCUT2D eigenvalue weighted by atomic mass is 32.2. The summed E-state index contributed by atoms with van der Waals surface area (Å²) in [5.41, 5.74) is 5.26. The molecule has 10 heteroatoms. The van der Waals surface area contributed by atoms with Crippen LogP contribution in [0.25, 0.3) is 33.1 Å². The van der Waals surface area contributed by atoms with E-state index in [4.69, 9.17) is 4.98 Å². The Bertz CT molecular complexity index is 1660. The van der Waals surface area contributed by atoms with E-state index in [1.165, 1.54) is 32.4 Å². The minimum atomic E-state index is -2.98. The average Bonchev–Trinajstić information content (AvgIpc) is 3.32. The molecule has 4 aromatic rings. The van der Waals surface area contributed by atoms with Gasteiger partial charge in [-0.05, 0) is 82.1 Å². The van der Waals surface area contributed by atoms with Crippen LogP contribution in [0.15, 0.2) is 48.8 Å². The van der Waals surface area contributed by atoms with E-state index >= 15 is 0 Å². The van der Waals surface area contributed by atoms with Crippen LogP contribution in [-0.2, 0) is 16.9 Å². The molecule has 3 aromatic heterocycles. The van der Waals surface area contributed by atoms with Crippen LogP contribution >= 0.6 is 0 Å². The Hall–Kier alpha value is -3.50. The van der Waals surface area contributed by atoms with Crippen molar-refractivity contribution in [1.82, 2.24) is 24.8 Å². The Morgan fingerprint density at radius 1 is 1.05 bits per heavy atom. The lowest BCUT2D eigenvalue weighted by Crippen LogP contribution is -2.41. The van der Waals surface area contributed by atoms with E-state index in [1.807, 2.05) is 42.1 Å². The Balaban J connectivity index is 1.21. The van der Waals surface area contributed by atoms with Crippen LogP contribution in [0.2, 0.25) is 0 Å². The van der Waals surface area contributed by atoms with E-state index in [9.17, 15) is 13.2 Å². The van der Waals surface area contributed by atoms with Gasteiger partial charge >= 0.3 is 0 Å². The van der Waals surface area contributed by atoms with Gasteiger partial charge in [-0.3, -0.25) is 9.78 Å². The van der Waals surface area contributed by atoms with E-state index in [1.54, 1.807) is 6.20 Å². The van der Waals surface area contributed by atoms with Crippen molar-refractivity contribution in [3.63, 3.8) is 0 Å². The first-order valence-electron chi connectivity index (χ1n) is 14.7. The number of hydrogen-bond acceptors (Lipinski definition) is 7. The van der Waals surface area contributed by atoms with Crippen LogP contribution in [0, 0.1) is 0 Å². The summed E-state index contributed by atoms with van der Waals surface area (Å²) < 4.78 is 25.4. The lowest BCUT2D eigenvalue weighted by atomic mass is 10.1. The third-order valence-corrected chi connectivity index (χ3v) is 10.2. The molecule has 6 rings (SSSR count). The molecule has 2 N–H and O–H groups in total. The molecule has 41 heavy (non-hydrogen) atoms. The molecule has 0 bridgehead atoms. The monoisotopic (exact) mass is 574 g/mol. The molecular weight excluding hydrogens is 536 g/mol. The summed E-state index contributed by atoms with van der Waals surface area (Å²) in [6.45, 7) is 4.42. The maximum atomic E-state index is 13.1. The Morgan fingerprint density at radius 2 is 1.85 bits per heavy atom. The quantitative estimate of drug-likeness (QED) is 0.301. The zero-order valence-corrected chi connectivity index (χ0v) is 24.4. The molecule has 2 aliphatic rings. The molecule has 5 heterocycles. The number of nitrogens with zero attached hydrogens (tertiary/aromatic N) is 4. The molecule has 0 unspecified atom stereocenters. The summed E-state index contributed by atoms with van der Waals surface area (Å²) in [7, 11) is -1.09. The SMILES string of the molecule is Cn1c(C(=O)NC2CCS(=O)(=O)CC2)cc2cc(-c3cc(NCCCN4CCCCC4)c4cnccc4n3)ccc21. The molecule has 9 nitrogen and oxygen atoms in total. The number of carbonyl (C=O) groups is 1. The summed E-state index contributed by atoms with van der Waals surface area (Å²) in [4.78, 5) is 25.0. The van der Waals surface area contributed by atoms with Crippen molar-refractivity contribution in [2.24, 2.45) is 7.05 Å². The van der Waals surface area contributed by atoms with E-state index < -0.39 is 9.84 Å². The van der Waals surface area contributed by atoms with Crippen molar-refractivity contribution in [2.45, 2.75) is 44.6 Å². The van der Waals surface area contributed by atoms with Crippen LogP contribution in [0.1, 0.15) is 49.0 Å². The van der Waals surface area contributed by atoms with Gasteiger partial charge in [-0.2, -0.15) is 0 Å². The molecule has 2 aliphatic heterocycles. The molecule has 1 amide bonds. The Morgan fingerprint density at radius 3 is 2.66 bits per heavy atom.